The minimum Gasteiger partial charge on any atom is -0.0619 e. The summed E-state index contributed by atoms with van der Waals surface area (Å²) in [6.45, 7) is 0. The molecule has 2 bridgehead atoms. The Morgan fingerprint density at radius 1 is 0.579 bits per heavy atom. The molecule has 0 radical (unpaired) electrons. The molecule has 0 nitrogen and oxygen atoms in total. The summed E-state index contributed by atoms with van der Waals surface area (Å²) in [6.07, 6.45) is 0. The lowest BCUT2D eigenvalue weighted by Gasteiger charge is -2.21. The molecule has 8 rings (SSSR count). The van der Waals surface area contributed by atoms with Gasteiger partial charge in [0.1, 0.15) is 0 Å². The van der Waals surface area contributed by atoms with Crippen LogP contribution in [-0.4, -0.2) is 0 Å². The summed E-state index contributed by atoms with van der Waals surface area (Å²) in [4.78, 5) is 0. The molecule has 2 unspecified atom stereocenters. The molecule has 5 saturated carbocycles. The highest BCUT2D eigenvalue weighted by Crippen LogP contribution is 2.99. The first-order valence-corrected chi connectivity index (χ1v) is 7.65. The van der Waals surface area contributed by atoms with E-state index < -0.39 is 0 Å². The highest BCUT2D eigenvalue weighted by Gasteiger charge is 2.97. The zero-order chi connectivity index (χ0) is 11.9. The molecule has 2 aromatic carbocycles. The summed E-state index contributed by atoms with van der Waals surface area (Å²) in [5.41, 5.74) is 6.86. The molecular weight excluding hydrogens is 228 g/mol. The lowest BCUT2D eigenvalue weighted by Crippen LogP contribution is -2.18. The molecule has 0 aliphatic heterocycles. The van der Waals surface area contributed by atoms with Gasteiger partial charge in [0.2, 0.25) is 0 Å². The smallest absolute Gasteiger partial charge is 0.0283 e. The fraction of sp³-hybridized carbons (Fsp3) is 0.368. The molecule has 0 N–H and O–H groups in total. The maximum Gasteiger partial charge on any atom is 0.0283 e. The van der Waals surface area contributed by atoms with Gasteiger partial charge in [0.15, 0.2) is 0 Å². The summed E-state index contributed by atoms with van der Waals surface area (Å²) in [7, 11) is 0. The van der Waals surface area contributed by atoms with Gasteiger partial charge >= 0.3 is 0 Å². The first-order valence-electron chi connectivity index (χ1n) is 7.65. The van der Waals surface area contributed by atoms with E-state index in [-0.39, 0.29) is 0 Å². The molecule has 6 aliphatic carbocycles. The molecule has 0 aromatic heterocycles. The number of hydrogen-bond acceptors (Lipinski definition) is 0. The minimum atomic E-state index is 0.464. The molecule has 0 saturated heterocycles. The summed E-state index contributed by atoms with van der Waals surface area (Å²) < 4.78 is 0. The van der Waals surface area contributed by atoms with Crippen LogP contribution in [0.1, 0.15) is 11.1 Å². The topological polar surface area (TPSA) is 0 Å². The van der Waals surface area contributed by atoms with Crippen LogP contribution in [-0.2, 0) is 5.41 Å². The van der Waals surface area contributed by atoms with Gasteiger partial charge < -0.3 is 0 Å². The fourth-order valence-corrected chi connectivity index (χ4v) is 6.64. The molecule has 0 heteroatoms. The van der Waals surface area contributed by atoms with E-state index in [9.17, 15) is 0 Å². The Morgan fingerprint density at radius 3 is 1.58 bits per heavy atom. The van der Waals surface area contributed by atoms with E-state index in [1.54, 1.807) is 11.1 Å². The fourth-order valence-electron chi connectivity index (χ4n) is 6.64. The standard InChI is InChI=1S/C19H14/c1-3-7-11-9(5-1)10-6-2-4-8-12(10)19(11)17-15-13-14(15)16(13)18(17)19/h1-8,13-18H/t13?,14?,15?,16?,17-,18+. The van der Waals surface area contributed by atoms with E-state index in [2.05, 4.69) is 48.5 Å². The monoisotopic (exact) mass is 242 g/mol. The maximum atomic E-state index is 2.42. The van der Waals surface area contributed by atoms with Crippen LogP contribution >= 0.6 is 0 Å². The number of fused-ring (bicyclic) bond motifs is 5. The molecule has 0 amide bonds. The first kappa shape index (κ1) is 8.58. The van der Waals surface area contributed by atoms with Crippen molar-refractivity contribution >= 4 is 0 Å². The number of rotatable bonds is 0. The van der Waals surface area contributed by atoms with Crippen LogP contribution in [0.5, 0.6) is 0 Å². The van der Waals surface area contributed by atoms with Crippen LogP contribution in [0.2, 0.25) is 0 Å². The Morgan fingerprint density at radius 2 is 1.05 bits per heavy atom. The average Bonchev–Trinajstić information content (AvgIpc) is 3.38. The van der Waals surface area contributed by atoms with Crippen LogP contribution in [0.3, 0.4) is 0 Å². The van der Waals surface area contributed by atoms with Crippen LogP contribution in [0, 0.1) is 35.5 Å². The Bertz CT molecular complexity index is 711. The summed E-state index contributed by atoms with van der Waals surface area (Å²) in [5, 5.41) is 0. The third-order valence-electron chi connectivity index (χ3n) is 7.13. The van der Waals surface area contributed by atoms with Gasteiger partial charge in [0, 0.05) is 5.41 Å². The second-order valence-corrected chi connectivity index (χ2v) is 7.32. The van der Waals surface area contributed by atoms with Crippen molar-refractivity contribution in [3.8, 4) is 11.1 Å². The second kappa shape index (κ2) is 2.18. The highest BCUT2D eigenvalue weighted by molar-refractivity contribution is 5.85. The summed E-state index contributed by atoms with van der Waals surface area (Å²) in [5.74, 6) is 6.62. The largest absolute Gasteiger partial charge is 0.0619 e. The summed E-state index contributed by atoms with van der Waals surface area (Å²) in [6, 6.07) is 18.4. The van der Waals surface area contributed by atoms with Crippen molar-refractivity contribution in [1.82, 2.24) is 0 Å². The quantitative estimate of drug-likeness (QED) is 0.660. The maximum absolute atomic E-state index is 2.42. The predicted molar refractivity (Wildman–Crippen MR) is 73.6 cm³/mol. The normalized spacial score (nSPS) is 46.3. The van der Waals surface area contributed by atoms with Gasteiger partial charge in [0.05, 0.1) is 0 Å². The molecule has 4 atom stereocenters. The molecule has 19 heavy (non-hydrogen) atoms. The Labute approximate surface area is 112 Å². The third kappa shape index (κ3) is 0.619. The first-order chi connectivity index (χ1) is 9.45. The zero-order valence-electron chi connectivity index (χ0n) is 10.6. The van der Waals surface area contributed by atoms with Crippen molar-refractivity contribution in [3.63, 3.8) is 0 Å². The van der Waals surface area contributed by atoms with Crippen LogP contribution in [0.15, 0.2) is 48.5 Å². The molecule has 5 fully saturated rings. The van der Waals surface area contributed by atoms with Gasteiger partial charge in [-0.05, 0) is 57.8 Å². The van der Waals surface area contributed by atoms with E-state index >= 15 is 0 Å². The van der Waals surface area contributed by atoms with Crippen molar-refractivity contribution in [1.29, 1.82) is 0 Å². The molecule has 2 aromatic rings. The minimum absolute atomic E-state index is 0.464. The molecule has 90 valence electrons. The van der Waals surface area contributed by atoms with Gasteiger partial charge in [-0.2, -0.15) is 0 Å². The molecule has 0 heterocycles. The van der Waals surface area contributed by atoms with E-state index in [4.69, 9.17) is 0 Å². The van der Waals surface area contributed by atoms with Crippen molar-refractivity contribution in [2.45, 2.75) is 5.41 Å². The van der Waals surface area contributed by atoms with Gasteiger partial charge in [-0.1, -0.05) is 48.5 Å². The van der Waals surface area contributed by atoms with Crippen molar-refractivity contribution in [2.75, 3.05) is 0 Å². The number of benzene rings is 2. The molecule has 1 spiro atoms. The van der Waals surface area contributed by atoms with E-state index in [1.807, 2.05) is 0 Å². The van der Waals surface area contributed by atoms with Crippen LogP contribution < -0.4 is 0 Å². The Balaban J connectivity index is 1.60. The SMILES string of the molecule is c1ccc2c(c1)-c1ccccc1C21[C@@H]2C3C4C3C4[C@@H]21. The van der Waals surface area contributed by atoms with E-state index in [1.165, 1.54) is 23.0 Å². The van der Waals surface area contributed by atoms with Gasteiger partial charge in [-0.25, -0.2) is 0 Å². The summed E-state index contributed by atoms with van der Waals surface area (Å²) >= 11 is 0. The second-order valence-electron chi connectivity index (χ2n) is 7.32. The molecular formula is C19H14. The highest BCUT2D eigenvalue weighted by atomic mass is 15.0. The lowest BCUT2D eigenvalue weighted by atomic mass is 9.82. The molecule has 6 aliphatic rings. The van der Waals surface area contributed by atoms with Crippen molar-refractivity contribution < 1.29 is 0 Å². The lowest BCUT2D eigenvalue weighted by molar-refractivity contribution is 0.445. The van der Waals surface area contributed by atoms with Crippen molar-refractivity contribution in [2.24, 2.45) is 35.5 Å². The van der Waals surface area contributed by atoms with E-state index in [0.717, 1.165) is 23.7 Å². The zero-order valence-corrected chi connectivity index (χ0v) is 10.6. The Kier molecular flexibility index (Phi) is 0.982. The predicted octanol–water partition coefficient (Wildman–Crippen LogP) is 3.70. The van der Waals surface area contributed by atoms with Crippen molar-refractivity contribution in [3.05, 3.63) is 59.7 Å². The third-order valence-corrected chi connectivity index (χ3v) is 7.13. The van der Waals surface area contributed by atoms with Gasteiger partial charge in [0.25, 0.3) is 0 Å². The van der Waals surface area contributed by atoms with Crippen LogP contribution in [0.4, 0.5) is 0 Å². The van der Waals surface area contributed by atoms with E-state index in [0.29, 0.717) is 5.41 Å². The van der Waals surface area contributed by atoms with Gasteiger partial charge in [-0.15, -0.1) is 0 Å². The Hall–Kier alpha value is -1.56. The van der Waals surface area contributed by atoms with Gasteiger partial charge in [-0.3, -0.25) is 0 Å². The van der Waals surface area contributed by atoms with Crippen LogP contribution in [0.25, 0.3) is 11.1 Å². The average molecular weight is 242 g/mol. The number of hydrogen-bond donors (Lipinski definition) is 0.